The number of nitrogens with one attached hydrogen (secondary N) is 2. The highest BCUT2D eigenvalue weighted by Gasteiger charge is 2.28. The van der Waals surface area contributed by atoms with Gasteiger partial charge in [0.05, 0.1) is 5.69 Å². The van der Waals surface area contributed by atoms with Gasteiger partial charge in [-0.25, -0.2) is 13.8 Å². The fourth-order valence-corrected chi connectivity index (χ4v) is 4.28. The van der Waals surface area contributed by atoms with Crippen molar-refractivity contribution < 1.29 is 18.4 Å². The minimum atomic E-state index is -0.898. The van der Waals surface area contributed by atoms with Crippen molar-refractivity contribution in [2.75, 3.05) is 51.1 Å². The molecule has 2 amide bonds. The van der Waals surface area contributed by atoms with Gasteiger partial charge in [-0.1, -0.05) is 26.0 Å². The molecule has 0 radical (unpaired) electrons. The van der Waals surface area contributed by atoms with Crippen molar-refractivity contribution >= 4 is 24.1 Å². The molecule has 0 aliphatic heterocycles. The Morgan fingerprint density at radius 3 is 2.42 bits per heavy atom. The molecular formula is C32H45F2N7O2. The minimum absolute atomic E-state index is 0.0338. The summed E-state index contributed by atoms with van der Waals surface area (Å²) in [6.07, 6.45) is 4.36. The Bertz CT molecular complexity index is 1370. The number of anilines is 2. The summed E-state index contributed by atoms with van der Waals surface area (Å²) in [7, 11) is 7.40. The van der Waals surface area contributed by atoms with Crippen molar-refractivity contribution in [3.05, 3.63) is 70.5 Å². The Balaban J connectivity index is 0.00000316. The maximum Gasteiger partial charge on any atom is 0.251 e. The monoisotopic (exact) mass is 597 g/mol. The number of carbonyl (C=O) groups is 2. The first-order valence-corrected chi connectivity index (χ1v) is 14.5. The summed E-state index contributed by atoms with van der Waals surface area (Å²) in [5.74, 6) is -1.72. The van der Waals surface area contributed by atoms with Crippen molar-refractivity contribution in [1.82, 2.24) is 25.5 Å². The smallest absolute Gasteiger partial charge is 0.251 e. The Morgan fingerprint density at radius 2 is 1.81 bits per heavy atom. The van der Waals surface area contributed by atoms with Gasteiger partial charge in [-0.15, -0.1) is 0 Å². The number of aromatic nitrogens is 2. The molecule has 234 valence electrons. The predicted octanol–water partition coefficient (Wildman–Crippen LogP) is 5.29. The molecule has 1 heterocycles. The van der Waals surface area contributed by atoms with E-state index in [1.54, 1.807) is 19.2 Å². The van der Waals surface area contributed by atoms with Crippen LogP contribution in [0.25, 0.3) is 11.3 Å². The SMILES string of the molecule is CC.CNCc1c(-c2cc(C(=O)NC(C)C)ccc2C)nc(N(C)CCN(C)C)nc1N(C=O)C1=C(F)C=CCC=C1F. The van der Waals surface area contributed by atoms with E-state index in [-0.39, 0.29) is 36.7 Å². The van der Waals surface area contributed by atoms with Crippen molar-refractivity contribution in [2.45, 2.75) is 53.6 Å². The van der Waals surface area contributed by atoms with Crippen molar-refractivity contribution in [3.63, 3.8) is 0 Å². The molecule has 1 aliphatic rings. The van der Waals surface area contributed by atoms with Crippen LogP contribution in [-0.4, -0.2) is 74.5 Å². The summed E-state index contributed by atoms with van der Waals surface area (Å²) in [4.78, 5) is 39.7. The van der Waals surface area contributed by atoms with Crippen LogP contribution in [-0.2, 0) is 11.3 Å². The predicted molar refractivity (Wildman–Crippen MR) is 170 cm³/mol. The van der Waals surface area contributed by atoms with E-state index in [1.165, 1.54) is 12.2 Å². The van der Waals surface area contributed by atoms with Crippen LogP contribution in [0.15, 0.2) is 53.8 Å². The number of nitrogens with zero attached hydrogens (tertiary/aromatic N) is 5. The Labute approximate surface area is 254 Å². The molecular weight excluding hydrogens is 552 g/mol. The number of rotatable bonds is 12. The summed E-state index contributed by atoms with van der Waals surface area (Å²) < 4.78 is 30.4. The number of allylic oxidation sites excluding steroid dienone is 5. The minimum Gasteiger partial charge on any atom is -0.350 e. The zero-order chi connectivity index (χ0) is 32.3. The third kappa shape index (κ3) is 9.01. The highest BCUT2D eigenvalue weighted by molar-refractivity contribution is 5.96. The zero-order valence-corrected chi connectivity index (χ0v) is 26.8. The molecule has 11 heteroatoms. The number of benzene rings is 1. The average Bonchev–Trinajstić information content (AvgIpc) is 3.13. The van der Waals surface area contributed by atoms with Gasteiger partial charge in [0.1, 0.15) is 17.4 Å². The first-order chi connectivity index (χ1) is 20.5. The van der Waals surface area contributed by atoms with Crippen molar-refractivity contribution in [3.8, 4) is 11.3 Å². The topological polar surface area (TPSA) is 93.7 Å². The standard InChI is InChI=1S/C30H39F2N7O2.C2H6/c1-19(2)34-29(41)21-13-12-20(3)22(16-21)26-23(17-33-4)28(36-30(35-26)38(7)15-14-37(5)6)39(18-40)27-24(31)10-8-9-11-25(27)32;1-2/h8,10-13,16,18-19,33H,9,14-15,17H2,1-7H3,(H,34,41);1-2H3. The average molecular weight is 598 g/mol. The molecule has 2 aromatic rings. The Hall–Kier alpha value is -3.96. The molecule has 1 aromatic carbocycles. The second-order valence-corrected chi connectivity index (χ2v) is 10.4. The number of hydrogen-bond donors (Lipinski definition) is 2. The van der Waals surface area contributed by atoms with E-state index in [2.05, 4.69) is 15.6 Å². The van der Waals surface area contributed by atoms with E-state index in [0.29, 0.717) is 41.9 Å². The van der Waals surface area contributed by atoms with E-state index >= 15 is 8.78 Å². The number of aryl methyl sites for hydroxylation is 1. The molecule has 43 heavy (non-hydrogen) atoms. The van der Waals surface area contributed by atoms with Gasteiger partial charge in [0.15, 0.2) is 5.82 Å². The van der Waals surface area contributed by atoms with Gasteiger partial charge >= 0.3 is 0 Å². The van der Waals surface area contributed by atoms with Gasteiger partial charge < -0.3 is 20.4 Å². The molecule has 0 bridgehead atoms. The lowest BCUT2D eigenvalue weighted by molar-refractivity contribution is -0.107. The van der Waals surface area contributed by atoms with E-state index in [4.69, 9.17) is 4.98 Å². The number of likely N-dealkylation sites (N-methyl/N-ethyl adjacent to an activating group) is 2. The zero-order valence-electron chi connectivity index (χ0n) is 26.8. The molecule has 2 N–H and O–H groups in total. The van der Waals surface area contributed by atoms with Crippen LogP contribution in [0.4, 0.5) is 20.5 Å². The second-order valence-electron chi connectivity index (χ2n) is 10.4. The maximum atomic E-state index is 15.2. The van der Waals surface area contributed by atoms with Crippen LogP contribution in [0.5, 0.6) is 0 Å². The van der Waals surface area contributed by atoms with Gasteiger partial charge in [0.2, 0.25) is 12.4 Å². The van der Waals surface area contributed by atoms with Crippen LogP contribution in [0.2, 0.25) is 0 Å². The second kappa shape index (κ2) is 16.6. The van der Waals surface area contributed by atoms with E-state index < -0.39 is 17.4 Å². The normalized spacial score (nSPS) is 12.9. The molecule has 0 saturated heterocycles. The van der Waals surface area contributed by atoms with E-state index in [0.717, 1.165) is 16.5 Å². The third-order valence-corrected chi connectivity index (χ3v) is 6.45. The number of amides is 2. The molecule has 1 aliphatic carbocycles. The first kappa shape index (κ1) is 35.2. The molecule has 0 fully saturated rings. The van der Waals surface area contributed by atoms with Crippen LogP contribution in [0.1, 0.15) is 55.6 Å². The maximum absolute atomic E-state index is 15.2. The summed E-state index contributed by atoms with van der Waals surface area (Å²) in [5, 5.41) is 5.97. The Morgan fingerprint density at radius 1 is 1.12 bits per heavy atom. The lowest BCUT2D eigenvalue weighted by Crippen LogP contribution is -2.32. The quantitative estimate of drug-likeness (QED) is 0.321. The van der Waals surface area contributed by atoms with Gasteiger partial charge in [0.25, 0.3) is 5.91 Å². The largest absolute Gasteiger partial charge is 0.350 e. The van der Waals surface area contributed by atoms with Crippen LogP contribution in [0.3, 0.4) is 0 Å². The summed E-state index contributed by atoms with van der Waals surface area (Å²) in [5.41, 5.74) is 2.24. The first-order valence-electron chi connectivity index (χ1n) is 14.5. The van der Waals surface area contributed by atoms with Crippen LogP contribution < -0.4 is 20.4 Å². The van der Waals surface area contributed by atoms with E-state index in [1.807, 2.05) is 71.6 Å². The lowest BCUT2D eigenvalue weighted by atomic mass is 9.98. The summed E-state index contributed by atoms with van der Waals surface area (Å²) in [6.45, 7) is 11.0. The summed E-state index contributed by atoms with van der Waals surface area (Å²) in [6, 6.07) is 5.23. The highest BCUT2D eigenvalue weighted by atomic mass is 19.1. The fraction of sp³-hybridized carbons (Fsp3) is 0.438. The van der Waals surface area contributed by atoms with Crippen LogP contribution >= 0.6 is 0 Å². The molecule has 3 rings (SSSR count). The third-order valence-electron chi connectivity index (χ3n) is 6.45. The number of hydrogen-bond acceptors (Lipinski definition) is 7. The fourth-order valence-electron chi connectivity index (χ4n) is 4.28. The molecule has 0 saturated carbocycles. The molecule has 0 atom stereocenters. The highest BCUT2D eigenvalue weighted by Crippen LogP contribution is 2.37. The molecule has 0 unspecified atom stereocenters. The van der Waals surface area contributed by atoms with Gasteiger partial charge in [-0.05, 0) is 78.2 Å². The van der Waals surface area contributed by atoms with Gasteiger partial charge in [0, 0.05) is 49.4 Å². The molecule has 1 aromatic heterocycles. The van der Waals surface area contributed by atoms with Crippen LogP contribution in [0, 0.1) is 6.92 Å². The molecule has 0 spiro atoms. The number of carbonyl (C=O) groups excluding carboxylic acids is 2. The van der Waals surface area contributed by atoms with Gasteiger partial charge in [-0.3, -0.25) is 14.5 Å². The van der Waals surface area contributed by atoms with Crippen molar-refractivity contribution in [2.24, 2.45) is 0 Å². The number of halogens is 2. The lowest BCUT2D eigenvalue weighted by Gasteiger charge is -2.27. The van der Waals surface area contributed by atoms with Crippen molar-refractivity contribution in [1.29, 1.82) is 0 Å². The van der Waals surface area contributed by atoms with Gasteiger partial charge in [-0.2, -0.15) is 4.98 Å². The molecule has 9 nitrogen and oxygen atoms in total. The van der Waals surface area contributed by atoms with E-state index in [9.17, 15) is 9.59 Å². The Kier molecular flexibility index (Phi) is 13.6. The summed E-state index contributed by atoms with van der Waals surface area (Å²) >= 11 is 0.